The summed E-state index contributed by atoms with van der Waals surface area (Å²) in [6, 6.07) is 11.4. The smallest absolute Gasteiger partial charge is 0.306 e. The monoisotopic (exact) mass is 348 g/mol. The Morgan fingerprint density at radius 2 is 1.88 bits per heavy atom. The van der Waals surface area contributed by atoms with E-state index in [1.54, 1.807) is 0 Å². The number of hydrogen-bond acceptors (Lipinski definition) is 3. The normalized spacial score (nSPS) is 11.7. The maximum Gasteiger partial charge on any atom is 0.323 e. The molecule has 4 aromatic rings. The first kappa shape index (κ1) is 16.3. The summed E-state index contributed by atoms with van der Waals surface area (Å²) < 4.78 is 2.07. The van der Waals surface area contributed by atoms with Crippen LogP contribution in [0.4, 0.5) is 0 Å². The molecular formula is C20H20N4O2. The van der Waals surface area contributed by atoms with Crippen molar-refractivity contribution in [2.24, 2.45) is 0 Å². The van der Waals surface area contributed by atoms with E-state index in [0.29, 0.717) is 12.0 Å². The number of hydrogen-bond donors (Lipinski definition) is 2. The molecule has 0 saturated carbocycles. The van der Waals surface area contributed by atoms with Crippen molar-refractivity contribution < 1.29 is 4.79 Å². The van der Waals surface area contributed by atoms with Gasteiger partial charge in [0.2, 0.25) is 0 Å². The highest BCUT2D eigenvalue weighted by atomic mass is 16.1. The molecule has 6 nitrogen and oxygen atoms in total. The highest BCUT2D eigenvalue weighted by molar-refractivity contribution is 5.99. The van der Waals surface area contributed by atoms with Crippen LogP contribution in [0.15, 0.2) is 41.2 Å². The lowest BCUT2D eigenvalue weighted by molar-refractivity contribution is 0.0988. The van der Waals surface area contributed by atoms with Crippen LogP contribution in [0, 0.1) is 0 Å². The number of imidazole rings is 2. The van der Waals surface area contributed by atoms with Crippen LogP contribution in [0.5, 0.6) is 0 Å². The molecule has 2 aromatic carbocycles. The summed E-state index contributed by atoms with van der Waals surface area (Å²) in [7, 11) is 0. The van der Waals surface area contributed by atoms with Gasteiger partial charge in [0, 0.05) is 23.6 Å². The number of aromatic nitrogens is 4. The molecular weight excluding hydrogens is 328 g/mol. The third-order valence-electron chi connectivity index (χ3n) is 4.60. The molecule has 0 bridgehead atoms. The molecule has 2 heterocycles. The van der Waals surface area contributed by atoms with Gasteiger partial charge in [0.25, 0.3) is 0 Å². The van der Waals surface area contributed by atoms with Crippen LogP contribution in [0.1, 0.15) is 49.3 Å². The van der Waals surface area contributed by atoms with E-state index in [1.807, 2.05) is 43.3 Å². The minimum atomic E-state index is -0.229. The number of carbonyl (C=O) groups is 1. The van der Waals surface area contributed by atoms with Crippen molar-refractivity contribution in [3.05, 3.63) is 58.3 Å². The van der Waals surface area contributed by atoms with Crippen LogP contribution in [0.3, 0.4) is 0 Å². The number of H-pyrrole nitrogens is 2. The molecule has 0 amide bonds. The Morgan fingerprint density at radius 3 is 2.62 bits per heavy atom. The predicted molar refractivity (Wildman–Crippen MR) is 102 cm³/mol. The van der Waals surface area contributed by atoms with Crippen molar-refractivity contribution in [1.29, 1.82) is 0 Å². The predicted octanol–water partition coefficient (Wildman–Crippen LogP) is 3.91. The third-order valence-corrected chi connectivity index (χ3v) is 4.60. The number of nitrogens with zero attached hydrogens (tertiary/aromatic N) is 2. The minimum Gasteiger partial charge on any atom is -0.306 e. The van der Waals surface area contributed by atoms with E-state index in [0.717, 1.165) is 33.6 Å². The highest BCUT2D eigenvalue weighted by Crippen LogP contribution is 2.28. The second kappa shape index (κ2) is 5.98. The average Bonchev–Trinajstić information content (AvgIpc) is 3.19. The lowest BCUT2D eigenvalue weighted by Gasteiger charge is -2.12. The van der Waals surface area contributed by atoms with Crippen molar-refractivity contribution in [1.82, 2.24) is 19.5 Å². The van der Waals surface area contributed by atoms with Gasteiger partial charge in [-0.1, -0.05) is 20.8 Å². The fourth-order valence-electron chi connectivity index (χ4n) is 3.29. The molecule has 0 spiro atoms. The van der Waals surface area contributed by atoms with Gasteiger partial charge in [0.15, 0.2) is 5.78 Å². The fourth-order valence-corrected chi connectivity index (χ4v) is 3.29. The van der Waals surface area contributed by atoms with Crippen LogP contribution in [-0.4, -0.2) is 25.3 Å². The second-order valence-corrected chi connectivity index (χ2v) is 6.75. The largest absolute Gasteiger partial charge is 0.323 e. The minimum absolute atomic E-state index is 0.108. The van der Waals surface area contributed by atoms with E-state index in [4.69, 9.17) is 4.98 Å². The molecule has 0 aliphatic heterocycles. The number of aromatic amines is 2. The zero-order valence-corrected chi connectivity index (χ0v) is 15.0. The third kappa shape index (κ3) is 2.54. The van der Waals surface area contributed by atoms with Gasteiger partial charge in [0.05, 0.1) is 22.1 Å². The maximum absolute atomic E-state index is 12.1. The second-order valence-electron chi connectivity index (χ2n) is 6.75. The average molecular weight is 348 g/mol. The molecule has 132 valence electrons. The first-order chi connectivity index (χ1) is 12.5. The topological polar surface area (TPSA) is 83.5 Å². The summed E-state index contributed by atoms with van der Waals surface area (Å²) in [4.78, 5) is 34.0. The first-order valence-electron chi connectivity index (χ1n) is 8.76. The van der Waals surface area contributed by atoms with Gasteiger partial charge < -0.3 is 9.97 Å². The van der Waals surface area contributed by atoms with Crippen LogP contribution < -0.4 is 5.69 Å². The van der Waals surface area contributed by atoms with Crippen LogP contribution in [0.25, 0.3) is 27.8 Å². The Labute approximate surface area is 149 Å². The van der Waals surface area contributed by atoms with Gasteiger partial charge in [-0.05, 0) is 36.4 Å². The molecule has 0 atom stereocenters. The van der Waals surface area contributed by atoms with Gasteiger partial charge in [-0.3, -0.25) is 9.36 Å². The number of nitrogens with one attached hydrogen (secondary N) is 2. The maximum atomic E-state index is 12.1. The first-order valence-corrected chi connectivity index (χ1v) is 8.76. The summed E-state index contributed by atoms with van der Waals surface area (Å²) in [6.45, 7) is 6.04. The number of ketones is 1. The summed E-state index contributed by atoms with van der Waals surface area (Å²) in [5, 5.41) is 0. The standard InChI is InChI=1S/C20H20N4O2/c1-4-18(25)12-5-7-15-17(9-12)24(19(21-15)11(2)3)13-6-8-14-16(10-13)23-20(26)22-14/h5-11H,4H2,1-3H3,(H2,22,23,26). The van der Waals surface area contributed by atoms with E-state index >= 15 is 0 Å². The van der Waals surface area contributed by atoms with E-state index in [1.165, 1.54) is 0 Å². The van der Waals surface area contributed by atoms with Crippen LogP contribution in [0.2, 0.25) is 0 Å². The molecule has 0 saturated heterocycles. The van der Waals surface area contributed by atoms with Crippen LogP contribution >= 0.6 is 0 Å². The van der Waals surface area contributed by atoms with Crippen molar-refractivity contribution in [2.75, 3.05) is 0 Å². The molecule has 0 radical (unpaired) electrons. The lowest BCUT2D eigenvalue weighted by Crippen LogP contribution is -2.04. The van der Waals surface area contributed by atoms with Crippen molar-refractivity contribution >= 4 is 27.9 Å². The lowest BCUT2D eigenvalue weighted by atomic mass is 10.1. The van der Waals surface area contributed by atoms with E-state index in [2.05, 4.69) is 28.4 Å². The summed E-state index contributed by atoms with van der Waals surface area (Å²) in [6.07, 6.45) is 0.466. The van der Waals surface area contributed by atoms with Gasteiger partial charge in [0.1, 0.15) is 5.82 Å². The van der Waals surface area contributed by atoms with E-state index in [-0.39, 0.29) is 17.4 Å². The Hall–Kier alpha value is -3.15. The molecule has 0 fully saturated rings. The molecule has 0 unspecified atom stereocenters. The Balaban J connectivity index is 2.01. The quantitative estimate of drug-likeness (QED) is 0.548. The summed E-state index contributed by atoms with van der Waals surface area (Å²) in [5.41, 5.74) is 4.61. The molecule has 2 N–H and O–H groups in total. The number of carbonyl (C=O) groups excluding carboxylic acids is 1. The van der Waals surface area contributed by atoms with Crippen LogP contribution in [-0.2, 0) is 0 Å². The number of benzene rings is 2. The zero-order valence-electron chi connectivity index (χ0n) is 15.0. The van der Waals surface area contributed by atoms with Crippen molar-refractivity contribution in [2.45, 2.75) is 33.1 Å². The number of Topliss-reactive ketones (excluding diaryl/α,β-unsaturated/α-hetero) is 1. The number of fused-ring (bicyclic) bond motifs is 2. The van der Waals surface area contributed by atoms with Gasteiger partial charge in [-0.25, -0.2) is 9.78 Å². The molecule has 2 aromatic heterocycles. The Morgan fingerprint density at radius 1 is 1.12 bits per heavy atom. The van der Waals surface area contributed by atoms with Gasteiger partial charge in [-0.15, -0.1) is 0 Å². The van der Waals surface area contributed by atoms with E-state index in [9.17, 15) is 9.59 Å². The fraction of sp³-hybridized carbons (Fsp3) is 0.250. The SMILES string of the molecule is CCC(=O)c1ccc2nc(C(C)C)n(-c3ccc4[nH]c(=O)[nH]c4c3)c2c1. The molecule has 6 heteroatoms. The van der Waals surface area contributed by atoms with Gasteiger partial charge >= 0.3 is 5.69 Å². The Kier molecular flexibility index (Phi) is 3.76. The molecule has 0 aliphatic rings. The molecule has 4 rings (SSSR count). The van der Waals surface area contributed by atoms with Crippen molar-refractivity contribution in [3.63, 3.8) is 0 Å². The summed E-state index contributed by atoms with van der Waals surface area (Å²) in [5.74, 6) is 1.23. The Bertz CT molecular complexity index is 1190. The van der Waals surface area contributed by atoms with Gasteiger partial charge in [-0.2, -0.15) is 0 Å². The molecule has 0 aliphatic carbocycles. The number of rotatable bonds is 4. The summed E-state index contributed by atoms with van der Waals surface area (Å²) >= 11 is 0. The highest BCUT2D eigenvalue weighted by Gasteiger charge is 2.17. The zero-order chi connectivity index (χ0) is 18.4. The van der Waals surface area contributed by atoms with E-state index < -0.39 is 0 Å². The molecule has 26 heavy (non-hydrogen) atoms. The van der Waals surface area contributed by atoms with Crippen molar-refractivity contribution in [3.8, 4) is 5.69 Å².